The van der Waals surface area contributed by atoms with Crippen molar-refractivity contribution in [1.82, 2.24) is 4.98 Å². The summed E-state index contributed by atoms with van der Waals surface area (Å²) in [5.74, 6) is 0.804. The Morgan fingerprint density at radius 2 is 1.88 bits per heavy atom. The molecule has 0 saturated heterocycles. The molecule has 0 aliphatic rings. The average Bonchev–Trinajstić information content (AvgIpc) is 2.83. The molecule has 0 fully saturated rings. The maximum Gasteiger partial charge on any atom is 0.342 e. The molecule has 2 aromatic rings. The molecule has 0 aliphatic carbocycles. The number of benzene rings is 1. The first kappa shape index (κ1) is 18.0. The van der Waals surface area contributed by atoms with Crippen molar-refractivity contribution < 1.29 is 19.1 Å². The first-order chi connectivity index (χ1) is 11.2. The summed E-state index contributed by atoms with van der Waals surface area (Å²) in [6, 6.07) is 3.64. The van der Waals surface area contributed by atoms with Gasteiger partial charge in [-0.3, -0.25) is 0 Å². The van der Waals surface area contributed by atoms with Crippen molar-refractivity contribution in [2.75, 3.05) is 0 Å². The van der Waals surface area contributed by atoms with E-state index in [1.54, 1.807) is 13.0 Å². The van der Waals surface area contributed by atoms with E-state index in [0.717, 1.165) is 16.8 Å². The molecule has 0 unspecified atom stereocenters. The topological polar surface area (TPSA) is 72.6 Å². The number of hydrogen-bond acceptors (Lipinski definition) is 5. The summed E-state index contributed by atoms with van der Waals surface area (Å²) in [7, 11) is 0. The largest absolute Gasteiger partial charge is 0.507 e. The molecule has 1 N–H and O–H groups in total. The van der Waals surface area contributed by atoms with Crippen LogP contribution in [0.5, 0.6) is 5.75 Å². The zero-order valence-corrected chi connectivity index (χ0v) is 15.1. The number of rotatable bonds is 5. The summed E-state index contributed by atoms with van der Waals surface area (Å²) in [6.45, 7) is 11.6. The summed E-state index contributed by atoms with van der Waals surface area (Å²) in [6.07, 6.45) is 0. The first-order valence-corrected chi connectivity index (χ1v) is 8.17. The molecule has 0 amide bonds. The van der Waals surface area contributed by atoms with Gasteiger partial charge in [-0.15, -0.1) is 0 Å². The van der Waals surface area contributed by atoms with Gasteiger partial charge in [-0.1, -0.05) is 33.8 Å². The molecule has 24 heavy (non-hydrogen) atoms. The molecule has 0 spiro atoms. The Labute approximate surface area is 142 Å². The molecule has 0 radical (unpaired) electrons. The molecule has 5 nitrogen and oxygen atoms in total. The molecule has 0 bridgehead atoms. The van der Waals surface area contributed by atoms with Gasteiger partial charge in [-0.2, -0.15) is 0 Å². The lowest BCUT2D eigenvalue weighted by Gasteiger charge is -2.16. The molecule has 2 rings (SSSR count). The second-order valence-corrected chi connectivity index (χ2v) is 6.64. The van der Waals surface area contributed by atoms with Crippen molar-refractivity contribution in [3.63, 3.8) is 0 Å². The van der Waals surface area contributed by atoms with Gasteiger partial charge < -0.3 is 14.3 Å². The average molecular weight is 331 g/mol. The van der Waals surface area contributed by atoms with E-state index in [-0.39, 0.29) is 29.8 Å². The van der Waals surface area contributed by atoms with Gasteiger partial charge >= 0.3 is 5.97 Å². The molecule has 1 aromatic carbocycles. The van der Waals surface area contributed by atoms with Crippen LogP contribution in [0.25, 0.3) is 0 Å². The van der Waals surface area contributed by atoms with Crippen molar-refractivity contribution in [2.24, 2.45) is 0 Å². The lowest BCUT2D eigenvalue weighted by Crippen LogP contribution is -2.09. The summed E-state index contributed by atoms with van der Waals surface area (Å²) >= 11 is 0. The standard InChI is InChI=1S/C19H25NO4/c1-10(2)14-7-15(11(3)4)18(21)16(8-14)19(22)23-9-17-20-12(5)13(6)24-17/h7-8,10-11,21H,9H2,1-6H3. The Kier molecular flexibility index (Phi) is 5.32. The summed E-state index contributed by atoms with van der Waals surface area (Å²) in [5, 5.41) is 10.4. The van der Waals surface area contributed by atoms with E-state index in [1.165, 1.54) is 0 Å². The van der Waals surface area contributed by atoms with Crippen LogP contribution in [-0.2, 0) is 11.3 Å². The minimum atomic E-state index is -0.578. The van der Waals surface area contributed by atoms with E-state index in [2.05, 4.69) is 4.98 Å². The Hall–Kier alpha value is -2.30. The highest BCUT2D eigenvalue weighted by molar-refractivity contribution is 5.93. The highest BCUT2D eigenvalue weighted by Gasteiger charge is 2.21. The zero-order valence-electron chi connectivity index (χ0n) is 15.1. The lowest BCUT2D eigenvalue weighted by molar-refractivity contribution is 0.0433. The number of hydrogen-bond donors (Lipinski definition) is 1. The Bertz CT molecular complexity index is 725. The quantitative estimate of drug-likeness (QED) is 0.811. The fourth-order valence-corrected chi connectivity index (χ4v) is 2.42. The minimum absolute atomic E-state index is 0.0147. The van der Waals surface area contributed by atoms with E-state index < -0.39 is 5.97 Å². The zero-order chi connectivity index (χ0) is 18.0. The molecule has 0 atom stereocenters. The number of ether oxygens (including phenoxy) is 1. The SMILES string of the molecule is Cc1nc(COC(=O)c2cc(C(C)C)cc(C(C)C)c2O)oc1C. The van der Waals surface area contributed by atoms with E-state index in [1.807, 2.05) is 40.7 Å². The number of aromatic hydroxyl groups is 1. The van der Waals surface area contributed by atoms with Crippen molar-refractivity contribution in [3.8, 4) is 5.75 Å². The maximum atomic E-state index is 12.4. The number of aromatic nitrogens is 1. The maximum absolute atomic E-state index is 12.4. The second kappa shape index (κ2) is 7.07. The van der Waals surface area contributed by atoms with Crippen molar-refractivity contribution >= 4 is 5.97 Å². The molecular weight excluding hydrogens is 306 g/mol. The number of oxazole rings is 1. The Morgan fingerprint density at radius 1 is 1.21 bits per heavy atom. The second-order valence-electron chi connectivity index (χ2n) is 6.64. The monoisotopic (exact) mass is 331 g/mol. The van der Waals surface area contributed by atoms with Gasteiger partial charge in [-0.05, 0) is 42.9 Å². The number of phenols is 1. The van der Waals surface area contributed by atoms with Crippen LogP contribution in [0.1, 0.15) is 78.4 Å². The molecular formula is C19H25NO4. The molecule has 1 heterocycles. The summed E-state index contributed by atoms with van der Waals surface area (Å²) in [4.78, 5) is 16.6. The third-order valence-corrected chi connectivity index (χ3v) is 4.07. The third kappa shape index (κ3) is 3.78. The van der Waals surface area contributed by atoms with E-state index >= 15 is 0 Å². The fourth-order valence-electron chi connectivity index (χ4n) is 2.42. The van der Waals surface area contributed by atoms with Gasteiger partial charge in [-0.25, -0.2) is 9.78 Å². The van der Waals surface area contributed by atoms with Gasteiger partial charge in [0, 0.05) is 0 Å². The fraction of sp³-hybridized carbons (Fsp3) is 0.474. The Balaban J connectivity index is 2.27. The first-order valence-electron chi connectivity index (χ1n) is 8.17. The number of carbonyl (C=O) groups excluding carboxylic acids is 1. The van der Waals surface area contributed by atoms with Gasteiger partial charge in [0.05, 0.1) is 5.69 Å². The van der Waals surface area contributed by atoms with Crippen LogP contribution in [0.4, 0.5) is 0 Å². The van der Waals surface area contributed by atoms with Crippen LogP contribution >= 0.6 is 0 Å². The number of aryl methyl sites for hydroxylation is 2. The molecule has 5 heteroatoms. The third-order valence-electron chi connectivity index (χ3n) is 4.07. The molecule has 1 aromatic heterocycles. The number of carbonyl (C=O) groups is 1. The van der Waals surface area contributed by atoms with Crippen molar-refractivity contribution in [1.29, 1.82) is 0 Å². The Morgan fingerprint density at radius 3 is 2.38 bits per heavy atom. The van der Waals surface area contributed by atoms with Crippen LogP contribution < -0.4 is 0 Å². The van der Waals surface area contributed by atoms with E-state index in [0.29, 0.717) is 11.7 Å². The van der Waals surface area contributed by atoms with E-state index in [4.69, 9.17) is 9.15 Å². The predicted octanol–water partition coefficient (Wildman–Crippen LogP) is 4.60. The summed E-state index contributed by atoms with van der Waals surface area (Å²) < 4.78 is 10.7. The summed E-state index contributed by atoms with van der Waals surface area (Å²) in [5.41, 5.74) is 2.69. The van der Waals surface area contributed by atoms with Crippen molar-refractivity contribution in [3.05, 3.63) is 46.2 Å². The normalized spacial score (nSPS) is 11.3. The van der Waals surface area contributed by atoms with Crippen LogP contribution in [0.15, 0.2) is 16.5 Å². The number of esters is 1. The number of nitrogens with zero attached hydrogens (tertiary/aromatic N) is 1. The minimum Gasteiger partial charge on any atom is -0.507 e. The van der Waals surface area contributed by atoms with Crippen molar-refractivity contribution in [2.45, 2.75) is 60.0 Å². The van der Waals surface area contributed by atoms with Crippen LogP contribution in [0.3, 0.4) is 0 Å². The lowest BCUT2D eigenvalue weighted by atomic mass is 9.92. The van der Waals surface area contributed by atoms with Gasteiger partial charge in [0.2, 0.25) is 5.89 Å². The van der Waals surface area contributed by atoms with Gasteiger partial charge in [0.15, 0.2) is 6.61 Å². The highest BCUT2D eigenvalue weighted by atomic mass is 16.5. The van der Waals surface area contributed by atoms with Crippen LogP contribution in [-0.4, -0.2) is 16.1 Å². The number of phenolic OH excluding ortho intramolecular Hbond substituents is 1. The predicted molar refractivity (Wildman–Crippen MR) is 91.4 cm³/mol. The molecule has 0 aliphatic heterocycles. The van der Waals surface area contributed by atoms with E-state index in [9.17, 15) is 9.90 Å². The van der Waals surface area contributed by atoms with Crippen LogP contribution in [0.2, 0.25) is 0 Å². The van der Waals surface area contributed by atoms with Gasteiger partial charge in [0.1, 0.15) is 17.1 Å². The van der Waals surface area contributed by atoms with Gasteiger partial charge in [0.25, 0.3) is 0 Å². The highest BCUT2D eigenvalue weighted by Crippen LogP contribution is 2.33. The molecule has 0 saturated carbocycles. The smallest absolute Gasteiger partial charge is 0.342 e. The van der Waals surface area contributed by atoms with Crippen LogP contribution in [0, 0.1) is 13.8 Å². The molecule has 130 valence electrons.